The highest BCUT2D eigenvalue weighted by molar-refractivity contribution is 6.29. The predicted molar refractivity (Wildman–Crippen MR) is 85.1 cm³/mol. The van der Waals surface area contributed by atoms with Crippen LogP contribution in [-0.4, -0.2) is 74.1 Å². The molecule has 0 radical (unpaired) electrons. The van der Waals surface area contributed by atoms with Crippen LogP contribution >= 0.6 is 0 Å². The summed E-state index contributed by atoms with van der Waals surface area (Å²) in [5.41, 5.74) is -1.48. The molecule has 2 fully saturated rings. The van der Waals surface area contributed by atoms with Crippen molar-refractivity contribution in [3.63, 3.8) is 0 Å². The molecule has 11 heteroatoms. The van der Waals surface area contributed by atoms with Crippen LogP contribution in [0.2, 0.25) is 0 Å². The molecule has 0 aromatic rings. The Balaban J connectivity index is 1.94. The van der Waals surface area contributed by atoms with E-state index in [9.17, 15) is 14.4 Å². The fourth-order valence-electron chi connectivity index (χ4n) is 3.14. The summed E-state index contributed by atoms with van der Waals surface area (Å²) in [6.45, 7) is 5.31. The zero-order valence-electron chi connectivity index (χ0n) is 14.8. The minimum Gasteiger partial charge on any atom is -0.461 e. The van der Waals surface area contributed by atoms with Gasteiger partial charge in [-0.1, -0.05) is 6.58 Å². The van der Waals surface area contributed by atoms with Crippen LogP contribution in [-0.2, 0) is 42.8 Å². The fourth-order valence-corrected chi connectivity index (χ4v) is 3.14. The fraction of sp³-hybridized carbons (Fsp3) is 0.562. The maximum Gasteiger partial charge on any atom is 0.418 e. The first-order valence-corrected chi connectivity index (χ1v) is 8.07. The standard InChI is InChI=1S/C16H20N2O9/c1-9-17-11(19)4-5-18(9)15-16(2,27-14(21)13(20)22-3)12-10(26-15)6-23-7-24-8-25-12/h4-5,10,12,15H,1,6-8H2,2-3H3,(H,17,19)/t10-,12?,15-,16-/m1/s1. The third-order valence-electron chi connectivity index (χ3n) is 4.36. The zero-order valence-corrected chi connectivity index (χ0v) is 14.8. The average Bonchev–Trinajstić information content (AvgIpc) is 2.85. The van der Waals surface area contributed by atoms with Crippen molar-refractivity contribution >= 4 is 17.8 Å². The Morgan fingerprint density at radius 1 is 1.33 bits per heavy atom. The number of esters is 2. The molecule has 0 aliphatic carbocycles. The van der Waals surface area contributed by atoms with Crippen molar-refractivity contribution in [2.75, 3.05) is 27.3 Å². The molecular formula is C16H20N2O9. The SMILES string of the molecule is C=C1NC(=O)C=CN1[C@@H]1O[C@@H]2COCOCOC2[C@@]1(C)OC(=O)C(=O)OC. The normalized spacial score (nSPS) is 33.6. The van der Waals surface area contributed by atoms with Gasteiger partial charge in [0.1, 0.15) is 31.6 Å². The molecule has 3 heterocycles. The van der Waals surface area contributed by atoms with Crippen molar-refractivity contribution in [2.45, 2.75) is 31.0 Å². The smallest absolute Gasteiger partial charge is 0.418 e. The van der Waals surface area contributed by atoms with Gasteiger partial charge in [-0.2, -0.15) is 0 Å². The number of carbonyl (C=O) groups is 3. The Labute approximate surface area is 154 Å². The number of hydrogen-bond acceptors (Lipinski definition) is 10. The van der Waals surface area contributed by atoms with Crippen LogP contribution in [0.5, 0.6) is 0 Å². The molecule has 148 valence electrons. The van der Waals surface area contributed by atoms with Crippen LogP contribution in [0.25, 0.3) is 0 Å². The van der Waals surface area contributed by atoms with E-state index in [0.717, 1.165) is 7.11 Å². The molecule has 0 aromatic heterocycles. The van der Waals surface area contributed by atoms with E-state index in [4.69, 9.17) is 23.7 Å². The summed E-state index contributed by atoms with van der Waals surface area (Å²) >= 11 is 0. The van der Waals surface area contributed by atoms with E-state index in [2.05, 4.69) is 16.6 Å². The van der Waals surface area contributed by atoms with Crippen LogP contribution < -0.4 is 5.32 Å². The first-order chi connectivity index (χ1) is 12.9. The van der Waals surface area contributed by atoms with Crippen LogP contribution in [0.4, 0.5) is 0 Å². The molecule has 11 nitrogen and oxygen atoms in total. The van der Waals surface area contributed by atoms with Crippen molar-refractivity contribution in [3.8, 4) is 0 Å². The third-order valence-corrected chi connectivity index (χ3v) is 4.36. The Bertz CT molecular complexity index is 679. The first kappa shape index (κ1) is 19.3. The Morgan fingerprint density at radius 3 is 2.81 bits per heavy atom. The largest absolute Gasteiger partial charge is 0.461 e. The zero-order chi connectivity index (χ0) is 19.6. The van der Waals surface area contributed by atoms with Crippen molar-refractivity contribution in [2.24, 2.45) is 0 Å². The summed E-state index contributed by atoms with van der Waals surface area (Å²) in [5, 5.41) is 2.53. The highest BCUT2D eigenvalue weighted by Crippen LogP contribution is 2.40. The highest BCUT2D eigenvalue weighted by atomic mass is 16.8. The maximum atomic E-state index is 12.1. The topological polar surface area (TPSA) is 122 Å². The molecule has 1 N–H and O–H groups in total. The lowest BCUT2D eigenvalue weighted by atomic mass is 9.95. The molecule has 1 unspecified atom stereocenters. The van der Waals surface area contributed by atoms with E-state index in [1.807, 2.05) is 0 Å². The van der Waals surface area contributed by atoms with Crippen LogP contribution in [0.1, 0.15) is 6.92 Å². The molecule has 0 bridgehead atoms. The molecule has 3 aliphatic heterocycles. The van der Waals surface area contributed by atoms with Gasteiger partial charge >= 0.3 is 11.9 Å². The molecule has 0 saturated carbocycles. The van der Waals surface area contributed by atoms with E-state index in [1.165, 1.54) is 17.2 Å². The second kappa shape index (κ2) is 7.64. The van der Waals surface area contributed by atoms with Gasteiger partial charge < -0.3 is 38.6 Å². The second-order valence-corrected chi connectivity index (χ2v) is 6.15. The molecule has 4 atom stereocenters. The van der Waals surface area contributed by atoms with Gasteiger partial charge in [-0.3, -0.25) is 4.79 Å². The Hall–Kier alpha value is -2.47. The summed E-state index contributed by atoms with van der Waals surface area (Å²) in [4.78, 5) is 36.7. The number of carbonyl (C=O) groups excluding carboxylic acids is 3. The van der Waals surface area contributed by atoms with Gasteiger partial charge in [0.05, 0.1) is 13.7 Å². The van der Waals surface area contributed by atoms with Crippen molar-refractivity contribution in [3.05, 3.63) is 24.7 Å². The molecule has 3 aliphatic rings. The number of rotatable bonds is 2. The Kier molecular flexibility index (Phi) is 5.46. The van der Waals surface area contributed by atoms with Crippen molar-refractivity contribution in [1.82, 2.24) is 10.2 Å². The molecule has 27 heavy (non-hydrogen) atoms. The lowest BCUT2D eigenvalue weighted by Crippen LogP contribution is -2.57. The molecule has 1 amide bonds. The van der Waals surface area contributed by atoms with Gasteiger partial charge in [0.15, 0.2) is 11.8 Å². The molecule has 0 aromatic carbocycles. The monoisotopic (exact) mass is 384 g/mol. The molecule has 2 saturated heterocycles. The van der Waals surface area contributed by atoms with E-state index in [-0.39, 0.29) is 31.9 Å². The number of hydrogen-bond donors (Lipinski definition) is 1. The summed E-state index contributed by atoms with van der Waals surface area (Å²) in [6, 6.07) is 0. The van der Waals surface area contributed by atoms with E-state index < -0.39 is 36.0 Å². The van der Waals surface area contributed by atoms with Crippen LogP contribution in [0, 0.1) is 0 Å². The summed E-state index contributed by atoms with van der Waals surface area (Å²) in [7, 11) is 1.07. The van der Waals surface area contributed by atoms with Crippen molar-refractivity contribution in [1.29, 1.82) is 0 Å². The molecular weight excluding hydrogens is 364 g/mol. The van der Waals surface area contributed by atoms with E-state index in [1.54, 1.807) is 6.92 Å². The minimum atomic E-state index is -1.48. The van der Waals surface area contributed by atoms with Gasteiger partial charge in [0.25, 0.3) is 5.91 Å². The quantitative estimate of drug-likeness (QED) is 0.466. The molecule has 3 rings (SSSR count). The van der Waals surface area contributed by atoms with Gasteiger partial charge in [-0.05, 0) is 6.92 Å². The maximum absolute atomic E-state index is 12.1. The predicted octanol–water partition coefficient (Wildman–Crippen LogP) is -1.05. The first-order valence-electron chi connectivity index (χ1n) is 8.07. The lowest BCUT2D eigenvalue weighted by Gasteiger charge is -2.40. The third kappa shape index (κ3) is 3.67. The van der Waals surface area contributed by atoms with Crippen LogP contribution in [0.15, 0.2) is 24.7 Å². The van der Waals surface area contributed by atoms with Gasteiger partial charge in [-0.25, -0.2) is 9.59 Å². The van der Waals surface area contributed by atoms with Gasteiger partial charge in [-0.15, -0.1) is 0 Å². The minimum absolute atomic E-state index is 0.0162. The lowest BCUT2D eigenvalue weighted by molar-refractivity contribution is -0.222. The summed E-state index contributed by atoms with van der Waals surface area (Å²) < 4.78 is 32.0. The summed E-state index contributed by atoms with van der Waals surface area (Å²) in [6.07, 6.45) is 0.282. The summed E-state index contributed by atoms with van der Waals surface area (Å²) in [5.74, 6) is -2.53. The van der Waals surface area contributed by atoms with E-state index in [0.29, 0.717) is 0 Å². The number of fused-ring (bicyclic) bond motifs is 1. The highest BCUT2D eigenvalue weighted by Gasteiger charge is 2.60. The molecule has 0 spiro atoms. The Morgan fingerprint density at radius 2 is 2.11 bits per heavy atom. The van der Waals surface area contributed by atoms with Gasteiger partial charge in [0.2, 0.25) is 0 Å². The van der Waals surface area contributed by atoms with Gasteiger partial charge in [0, 0.05) is 12.3 Å². The van der Waals surface area contributed by atoms with Crippen LogP contribution in [0.3, 0.4) is 0 Å². The number of methoxy groups -OCH3 is 1. The number of nitrogens with one attached hydrogen (secondary N) is 1. The number of nitrogens with zero attached hydrogens (tertiary/aromatic N) is 1. The number of ether oxygens (including phenoxy) is 6. The number of amides is 1. The second-order valence-electron chi connectivity index (χ2n) is 6.15. The van der Waals surface area contributed by atoms with Crippen molar-refractivity contribution < 1.29 is 42.8 Å². The average molecular weight is 384 g/mol. The van der Waals surface area contributed by atoms with E-state index >= 15 is 0 Å².